The molecule has 2 aromatic heterocycles. The highest BCUT2D eigenvalue weighted by molar-refractivity contribution is 4.94. The third-order valence-corrected chi connectivity index (χ3v) is 2.98. The molecule has 84 valence electrons. The van der Waals surface area contributed by atoms with E-state index < -0.39 is 0 Å². The number of fused-ring (bicyclic) bond motifs is 1. The second-order valence-corrected chi connectivity index (χ2v) is 4.22. The van der Waals surface area contributed by atoms with Crippen molar-refractivity contribution in [3.05, 3.63) is 36.7 Å². The Labute approximate surface area is 94.1 Å². The number of nitrogens with one attached hydrogen (secondary N) is 1. The van der Waals surface area contributed by atoms with Crippen molar-refractivity contribution in [3.63, 3.8) is 0 Å². The number of hydrogen-bond acceptors (Lipinski definition) is 3. The van der Waals surface area contributed by atoms with Crippen LogP contribution in [0.2, 0.25) is 0 Å². The minimum Gasteiger partial charge on any atom is -0.333 e. The zero-order valence-corrected chi connectivity index (χ0v) is 9.08. The molecule has 1 N–H and O–H groups in total. The van der Waals surface area contributed by atoms with Crippen molar-refractivity contribution < 1.29 is 0 Å². The van der Waals surface area contributed by atoms with Gasteiger partial charge in [-0.2, -0.15) is 5.10 Å². The fourth-order valence-electron chi connectivity index (χ4n) is 2.20. The SMILES string of the molecule is c1cnn(C[C@@H]2CNCc3nccn3C2)c1. The second-order valence-electron chi connectivity index (χ2n) is 4.22. The quantitative estimate of drug-likeness (QED) is 0.797. The van der Waals surface area contributed by atoms with E-state index in [9.17, 15) is 0 Å². The lowest BCUT2D eigenvalue weighted by Crippen LogP contribution is -2.25. The van der Waals surface area contributed by atoms with Crippen LogP contribution in [0.5, 0.6) is 0 Å². The highest BCUT2D eigenvalue weighted by Gasteiger charge is 2.16. The first-order valence-electron chi connectivity index (χ1n) is 5.60. The number of imidazole rings is 1. The summed E-state index contributed by atoms with van der Waals surface area (Å²) < 4.78 is 4.22. The molecule has 0 bridgehead atoms. The van der Waals surface area contributed by atoms with E-state index in [2.05, 4.69) is 26.2 Å². The lowest BCUT2D eigenvalue weighted by Gasteiger charge is -2.15. The maximum Gasteiger partial charge on any atom is 0.122 e. The average molecular weight is 217 g/mol. The molecule has 3 rings (SSSR count). The fraction of sp³-hybridized carbons (Fsp3) is 0.455. The summed E-state index contributed by atoms with van der Waals surface area (Å²) >= 11 is 0. The Morgan fingerprint density at radius 1 is 1.38 bits per heavy atom. The van der Waals surface area contributed by atoms with E-state index in [1.54, 1.807) is 0 Å². The van der Waals surface area contributed by atoms with Crippen LogP contribution in [-0.2, 0) is 19.6 Å². The largest absolute Gasteiger partial charge is 0.333 e. The molecule has 16 heavy (non-hydrogen) atoms. The number of nitrogens with zero attached hydrogens (tertiary/aromatic N) is 4. The van der Waals surface area contributed by atoms with Gasteiger partial charge in [0.15, 0.2) is 0 Å². The molecule has 3 heterocycles. The summed E-state index contributed by atoms with van der Waals surface area (Å²) in [5, 5.41) is 7.68. The van der Waals surface area contributed by atoms with E-state index in [4.69, 9.17) is 0 Å². The Morgan fingerprint density at radius 3 is 3.25 bits per heavy atom. The number of rotatable bonds is 2. The number of hydrogen-bond donors (Lipinski definition) is 1. The highest BCUT2D eigenvalue weighted by atomic mass is 15.3. The molecule has 0 aromatic carbocycles. The van der Waals surface area contributed by atoms with E-state index in [1.807, 2.05) is 29.3 Å². The van der Waals surface area contributed by atoms with Gasteiger partial charge in [0.25, 0.3) is 0 Å². The standard InChI is InChI=1S/C11H15N5/c1-2-14-16(4-1)9-10-6-12-7-11-13-3-5-15(11)8-10/h1-5,10,12H,6-9H2/t10-/m1/s1. The van der Waals surface area contributed by atoms with Crippen molar-refractivity contribution in [2.24, 2.45) is 5.92 Å². The number of aromatic nitrogens is 4. The summed E-state index contributed by atoms with van der Waals surface area (Å²) in [6.45, 7) is 3.85. The van der Waals surface area contributed by atoms with Gasteiger partial charge in [-0.15, -0.1) is 0 Å². The molecule has 0 saturated heterocycles. The van der Waals surface area contributed by atoms with Crippen molar-refractivity contribution in [2.45, 2.75) is 19.6 Å². The summed E-state index contributed by atoms with van der Waals surface area (Å²) in [4.78, 5) is 4.33. The normalized spacial score (nSPS) is 20.4. The molecule has 0 saturated carbocycles. The van der Waals surface area contributed by atoms with Gasteiger partial charge in [0, 0.05) is 50.3 Å². The van der Waals surface area contributed by atoms with Crippen molar-refractivity contribution in [1.82, 2.24) is 24.6 Å². The first-order chi connectivity index (χ1) is 7.92. The Hall–Kier alpha value is -1.62. The van der Waals surface area contributed by atoms with Gasteiger partial charge in [0.05, 0.1) is 6.54 Å². The van der Waals surface area contributed by atoms with Crippen molar-refractivity contribution in [2.75, 3.05) is 6.54 Å². The van der Waals surface area contributed by atoms with Crippen LogP contribution in [0.25, 0.3) is 0 Å². The summed E-state index contributed by atoms with van der Waals surface area (Å²) in [6, 6.07) is 1.97. The summed E-state index contributed by atoms with van der Waals surface area (Å²) in [7, 11) is 0. The molecule has 1 atom stereocenters. The van der Waals surface area contributed by atoms with E-state index in [0.717, 1.165) is 32.0 Å². The molecule has 0 aliphatic carbocycles. The molecule has 1 aliphatic rings. The topological polar surface area (TPSA) is 47.7 Å². The van der Waals surface area contributed by atoms with Crippen LogP contribution in [0.1, 0.15) is 5.82 Å². The molecule has 5 heteroatoms. The van der Waals surface area contributed by atoms with Gasteiger partial charge in [-0.05, 0) is 6.07 Å². The van der Waals surface area contributed by atoms with E-state index in [-0.39, 0.29) is 0 Å². The second kappa shape index (κ2) is 4.09. The van der Waals surface area contributed by atoms with Crippen molar-refractivity contribution in [3.8, 4) is 0 Å². The molecule has 5 nitrogen and oxygen atoms in total. The summed E-state index contributed by atoms with van der Waals surface area (Å²) in [6.07, 6.45) is 7.76. The Balaban J connectivity index is 1.73. The maximum atomic E-state index is 4.33. The summed E-state index contributed by atoms with van der Waals surface area (Å²) in [5.74, 6) is 1.69. The van der Waals surface area contributed by atoms with E-state index in [1.165, 1.54) is 0 Å². The molecule has 0 amide bonds. The summed E-state index contributed by atoms with van der Waals surface area (Å²) in [5.41, 5.74) is 0. The minimum atomic E-state index is 0.565. The molecule has 0 spiro atoms. The third-order valence-electron chi connectivity index (χ3n) is 2.98. The van der Waals surface area contributed by atoms with Crippen LogP contribution in [0.15, 0.2) is 30.9 Å². The molecule has 0 fully saturated rings. The van der Waals surface area contributed by atoms with Gasteiger partial charge in [-0.1, -0.05) is 0 Å². The predicted molar refractivity (Wildman–Crippen MR) is 59.7 cm³/mol. The fourth-order valence-corrected chi connectivity index (χ4v) is 2.20. The zero-order chi connectivity index (χ0) is 10.8. The van der Waals surface area contributed by atoms with Gasteiger partial charge in [0.2, 0.25) is 0 Å². The molecule has 2 aromatic rings. The zero-order valence-electron chi connectivity index (χ0n) is 9.08. The predicted octanol–water partition coefficient (Wildman–Crippen LogP) is 0.499. The first-order valence-corrected chi connectivity index (χ1v) is 5.60. The van der Waals surface area contributed by atoms with E-state index >= 15 is 0 Å². The molecular weight excluding hydrogens is 202 g/mol. The maximum absolute atomic E-state index is 4.33. The van der Waals surface area contributed by atoms with Gasteiger partial charge >= 0.3 is 0 Å². The minimum absolute atomic E-state index is 0.565. The van der Waals surface area contributed by atoms with Gasteiger partial charge in [-0.3, -0.25) is 4.68 Å². The van der Waals surface area contributed by atoms with Crippen LogP contribution < -0.4 is 5.32 Å². The van der Waals surface area contributed by atoms with E-state index in [0.29, 0.717) is 5.92 Å². The van der Waals surface area contributed by atoms with Crippen LogP contribution in [-0.4, -0.2) is 25.9 Å². The highest BCUT2D eigenvalue weighted by Crippen LogP contribution is 2.10. The average Bonchev–Trinajstić information content (AvgIpc) is 2.88. The lowest BCUT2D eigenvalue weighted by molar-refractivity contribution is 0.367. The van der Waals surface area contributed by atoms with Gasteiger partial charge < -0.3 is 9.88 Å². The van der Waals surface area contributed by atoms with Crippen LogP contribution in [0.3, 0.4) is 0 Å². The van der Waals surface area contributed by atoms with Crippen LogP contribution in [0.4, 0.5) is 0 Å². The van der Waals surface area contributed by atoms with Gasteiger partial charge in [0.1, 0.15) is 5.82 Å². The Bertz CT molecular complexity index is 445. The molecule has 0 radical (unpaired) electrons. The Kier molecular flexibility index (Phi) is 2.46. The first kappa shape index (κ1) is 9.59. The van der Waals surface area contributed by atoms with Gasteiger partial charge in [-0.25, -0.2) is 4.98 Å². The molecule has 0 unspecified atom stereocenters. The Morgan fingerprint density at radius 2 is 2.38 bits per heavy atom. The molecular formula is C11H15N5. The van der Waals surface area contributed by atoms with Crippen LogP contribution in [0, 0.1) is 5.92 Å². The van der Waals surface area contributed by atoms with Crippen molar-refractivity contribution >= 4 is 0 Å². The third kappa shape index (κ3) is 1.86. The lowest BCUT2D eigenvalue weighted by atomic mass is 10.1. The monoisotopic (exact) mass is 217 g/mol. The van der Waals surface area contributed by atoms with Crippen LogP contribution >= 0.6 is 0 Å². The smallest absolute Gasteiger partial charge is 0.122 e. The van der Waals surface area contributed by atoms with Crippen molar-refractivity contribution in [1.29, 1.82) is 0 Å². The molecule has 1 aliphatic heterocycles.